The van der Waals surface area contributed by atoms with Gasteiger partial charge in [-0.1, -0.05) is 13.8 Å². The first-order valence-electron chi connectivity index (χ1n) is 6.40. The fourth-order valence-electron chi connectivity index (χ4n) is 1.80. The molecule has 1 aromatic rings. The number of carbonyl (C=O) groups is 1. The molecule has 0 fully saturated rings. The normalized spacial score (nSPS) is 14.9. The molecular weight excluding hydrogens is 242 g/mol. The zero-order valence-corrected chi connectivity index (χ0v) is 11.7. The van der Waals surface area contributed by atoms with E-state index in [1.807, 2.05) is 18.2 Å². The van der Waals surface area contributed by atoms with E-state index in [2.05, 4.69) is 19.2 Å². The molecule has 5 nitrogen and oxygen atoms in total. The number of nitrogens with two attached hydrogens (primary N) is 1. The molecule has 5 heteroatoms. The van der Waals surface area contributed by atoms with Gasteiger partial charge in [-0.05, 0) is 30.2 Å². The highest BCUT2D eigenvalue weighted by molar-refractivity contribution is 5.97. The number of amides is 1. The van der Waals surface area contributed by atoms with Crippen LogP contribution in [0, 0.1) is 5.41 Å². The summed E-state index contributed by atoms with van der Waals surface area (Å²) >= 11 is 0. The molecule has 1 heterocycles. The lowest BCUT2D eigenvalue weighted by molar-refractivity contribution is -0.120. The van der Waals surface area contributed by atoms with Crippen molar-refractivity contribution in [2.24, 2.45) is 11.1 Å². The zero-order valence-electron chi connectivity index (χ0n) is 11.7. The molecule has 0 aromatic heterocycles. The van der Waals surface area contributed by atoms with Crippen LogP contribution in [-0.2, 0) is 4.79 Å². The van der Waals surface area contributed by atoms with Crippen LogP contribution in [-0.4, -0.2) is 32.7 Å². The number of hydrogen-bond donors (Lipinski definition) is 2. The molecule has 1 aliphatic heterocycles. The molecule has 0 saturated heterocycles. The predicted molar refractivity (Wildman–Crippen MR) is 76.7 cm³/mol. The molecule has 0 bridgehead atoms. The number of anilines is 2. The van der Waals surface area contributed by atoms with Gasteiger partial charge in [0.05, 0.1) is 5.69 Å². The Hall–Kier alpha value is -1.75. The molecule has 1 aliphatic rings. The standard InChI is InChI=1S/C14H21N3O2/c1-14(2,8-15)9-16-10-4-5-12-11(6-10)17(3)13(18)7-19-12/h4-6,16H,7-9,15H2,1-3H3. The minimum absolute atomic E-state index is 0.0352. The maximum absolute atomic E-state index is 11.6. The largest absolute Gasteiger partial charge is 0.482 e. The second-order valence-electron chi connectivity index (χ2n) is 5.65. The maximum atomic E-state index is 11.6. The Morgan fingerprint density at radius 1 is 1.47 bits per heavy atom. The van der Waals surface area contributed by atoms with Gasteiger partial charge in [0.1, 0.15) is 5.75 Å². The van der Waals surface area contributed by atoms with Crippen LogP contribution in [0.3, 0.4) is 0 Å². The summed E-state index contributed by atoms with van der Waals surface area (Å²) in [6.07, 6.45) is 0. The van der Waals surface area contributed by atoms with Crippen molar-refractivity contribution in [2.45, 2.75) is 13.8 Å². The fourth-order valence-corrected chi connectivity index (χ4v) is 1.80. The molecular formula is C14H21N3O2. The van der Waals surface area contributed by atoms with Crippen LogP contribution in [0.25, 0.3) is 0 Å². The van der Waals surface area contributed by atoms with E-state index >= 15 is 0 Å². The van der Waals surface area contributed by atoms with E-state index in [1.165, 1.54) is 0 Å². The summed E-state index contributed by atoms with van der Waals surface area (Å²) in [6, 6.07) is 5.77. The van der Waals surface area contributed by atoms with Crippen LogP contribution in [0.2, 0.25) is 0 Å². The van der Waals surface area contributed by atoms with Crippen LogP contribution in [0.1, 0.15) is 13.8 Å². The topological polar surface area (TPSA) is 67.6 Å². The second kappa shape index (κ2) is 5.09. The smallest absolute Gasteiger partial charge is 0.264 e. The number of nitrogens with one attached hydrogen (secondary N) is 1. The quantitative estimate of drug-likeness (QED) is 0.862. The Morgan fingerprint density at radius 3 is 2.89 bits per heavy atom. The van der Waals surface area contributed by atoms with Crippen molar-refractivity contribution in [1.82, 2.24) is 0 Å². The predicted octanol–water partition coefficient (Wildman–Crippen LogP) is 1.44. The molecule has 0 aliphatic carbocycles. The van der Waals surface area contributed by atoms with E-state index in [0.29, 0.717) is 6.54 Å². The first kappa shape index (κ1) is 13.7. The Labute approximate surface area is 113 Å². The van der Waals surface area contributed by atoms with Gasteiger partial charge >= 0.3 is 0 Å². The maximum Gasteiger partial charge on any atom is 0.264 e. The van der Waals surface area contributed by atoms with E-state index in [1.54, 1.807) is 11.9 Å². The Bertz CT molecular complexity index is 486. The summed E-state index contributed by atoms with van der Waals surface area (Å²) in [5.41, 5.74) is 7.51. The van der Waals surface area contributed by atoms with Gasteiger partial charge in [-0.3, -0.25) is 4.79 Å². The summed E-state index contributed by atoms with van der Waals surface area (Å²) in [6.45, 7) is 5.72. The second-order valence-corrected chi connectivity index (χ2v) is 5.65. The van der Waals surface area contributed by atoms with Crippen molar-refractivity contribution < 1.29 is 9.53 Å². The lowest BCUT2D eigenvalue weighted by atomic mass is 9.94. The van der Waals surface area contributed by atoms with Crippen molar-refractivity contribution in [3.8, 4) is 5.75 Å². The third kappa shape index (κ3) is 2.98. The SMILES string of the molecule is CN1C(=O)COc2ccc(NCC(C)(C)CN)cc21. The first-order chi connectivity index (χ1) is 8.93. The average molecular weight is 263 g/mol. The van der Waals surface area contributed by atoms with E-state index in [-0.39, 0.29) is 17.9 Å². The molecule has 0 spiro atoms. The van der Waals surface area contributed by atoms with Crippen molar-refractivity contribution in [2.75, 3.05) is 37.0 Å². The summed E-state index contributed by atoms with van der Waals surface area (Å²) in [5, 5.41) is 3.35. The Kier molecular flexibility index (Phi) is 3.66. The van der Waals surface area contributed by atoms with E-state index in [0.717, 1.165) is 23.7 Å². The van der Waals surface area contributed by atoms with Crippen molar-refractivity contribution in [1.29, 1.82) is 0 Å². The number of ether oxygens (including phenoxy) is 1. The number of likely N-dealkylation sites (N-methyl/N-ethyl adjacent to an activating group) is 1. The van der Waals surface area contributed by atoms with Crippen LogP contribution in [0.15, 0.2) is 18.2 Å². The number of fused-ring (bicyclic) bond motifs is 1. The molecule has 0 radical (unpaired) electrons. The average Bonchev–Trinajstić information content (AvgIpc) is 2.41. The highest BCUT2D eigenvalue weighted by Gasteiger charge is 2.22. The van der Waals surface area contributed by atoms with Gasteiger partial charge < -0.3 is 20.7 Å². The molecule has 3 N–H and O–H groups in total. The zero-order chi connectivity index (χ0) is 14.0. The number of hydrogen-bond acceptors (Lipinski definition) is 4. The van der Waals surface area contributed by atoms with Gasteiger partial charge in [0, 0.05) is 19.3 Å². The number of nitrogens with zero attached hydrogens (tertiary/aromatic N) is 1. The van der Waals surface area contributed by atoms with Gasteiger partial charge in [0.25, 0.3) is 5.91 Å². The van der Waals surface area contributed by atoms with Crippen LogP contribution in [0.4, 0.5) is 11.4 Å². The molecule has 2 rings (SSSR count). The number of benzene rings is 1. The summed E-state index contributed by atoms with van der Waals surface area (Å²) < 4.78 is 5.39. The van der Waals surface area contributed by atoms with E-state index in [9.17, 15) is 4.79 Å². The van der Waals surface area contributed by atoms with E-state index < -0.39 is 0 Å². The van der Waals surface area contributed by atoms with E-state index in [4.69, 9.17) is 10.5 Å². The van der Waals surface area contributed by atoms with Crippen LogP contribution in [0.5, 0.6) is 5.75 Å². The van der Waals surface area contributed by atoms with Gasteiger partial charge in [-0.2, -0.15) is 0 Å². The molecule has 0 unspecified atom stereocenters. The number of rotatable bonds is 4. The van der Waals surface area contributed by atoms with Gasteiger partial charge in [-0.25, -0.2) is 0 Å². The highest BCUT2D eigenvalue weighted by Crippen LogP contribution is 2.33. The molecule has 1 aromatic carbocycles. The fraction of sp³-hybridized carbons (Fsp3) is 0.500. The van der Waals surface area contributed by atoms with Crippen LogP contribution >= 0.6 is 0 Å². The van der Waals surface area contributed by atoms with Crippen molar-refractivity contribution >= 4 is 17.3 Å². The van der Waals surface area contributed by atoms with Gasteiger partial charge in [0.2, 0.25) is 0 Å². The highest BCUT2D eigenvalue weighted by atomic mass is 16.5. The Balaban J connectivity index is 2.14. The Morgan fingerprint density at radius 2 is 2.21 bits per heavy atom. The molecule has 104 valence electrons. The lowest BCUT2D eigenvalue weighted by Crippen LogP contribution is -2.35. The third-order valence-electron chi connectivity index (χ3n) is 3.37. The minimum atomic E-state index is -0.0352. The third-order valence-corrected chi connectivity index (χ3v) is 3.37. The summed E-state index contributed by atoms with van der Waals surface area (Å²) in [5.74, 6) is 0.706. The monoisotopic (exact) mass is 263 g/mol. The molecule has 1 amide bonds. The van der Waals surface area contributed by atoms with Crippen LogP contribution < -0.4 is 20.7 Å². The lowest BCUT2D eigenvalue weighted by Gasteiger charge is -2.27. The van der Waals surface area contributed by atoms with Gasteiger partial charge in [-0.15, -0.1) is 0 Å². The number of carbonyl (C=O) groups excluding carboxylic acids is 1. The first-order valence-corrected chi connectivity index (χ1v) is 6.40. The van der Waals surface area contributed by atoms with Crippen molar-refractivity contribution in [3.63, 3.8) is 0 Å². The summed E-state index contributed by atoms with van der Waals surface area (Å²) in [7, 11) is 1.76. The summed E-state index contributed by atoms with van der Waals surface area (Å²) in [4.78, 5) is 13.2. The molecule has 0 saturated carbocycles. The molecule has 19 heavy (non-hydrogen) atoms. The molecule has 0 atom stereocenters. The van der Waals surface area contributed by atoms with Crippen molar-refractivity contribution in [3.05, 3.63) is 18.2 Å². The van der Waals surface area contributed by atoms with Gasteiger partial charge in [0.15, 0.2) is 6.61 Å². The minimum Gasteiger partial charge on any atom is -0.482 e.